The van der Waals surface area contributed by atoms with Gasteiger partial charge in [0.1, 0.15) is 16.9 Å². The molecule has 1 saturated heterocycles. The smallest absolute Gasteiger partial charge is 0.421 e. The fourth-order valence-corrected chi connectivity index (χ4v) is 7.44. The van der Waals surface area contributed by atoms with Gasteiger partial charge >= 0.3 is 12.1 Å². The average Bonchev–Trinajstić information content (AvgIpc) is 3.75. The fraction of sp³-hybridized carbons (Fsp3) is 0.514. The van der Waals surface area contributed by atoms with Gasteiger partial charge in [-0.25, -0.2) is 15.0 Å². The van der Waals surface area contributed by atoms with Crippen LogP contribution in [0.1, 0.15) is 57.9 Å². The molecule has 1 aliphatic carbocycles. The second kappa shape index (κ2) is 14.8. The number of hydrogen-bond donors (Lipinski definition) is 1. The number of nitrogens with one attached hydrogen (secondary N) is 1. The number of anilines is 2. The molecule has 50 heavy (non-hydrogen) atoms. The number of methoxy groups -OCH3 is 1. The van der Waals surface area contributed by atoms with Crippen LogP contribution < -0.4 is 14.5 Å². The molecule has 4 heterocycles. The lowest BCUT2D eigenvalue weighted by Gasteiger charge is -2.34. The van der Waals surface area contributed by atoms with E-state index in [2.05, 4.69) is 19.8 Å². The number of nitrogens with zero attached hydrogens (tertiary/aromatic N) is 5. The molecule has 1 saturated carbocycles. The zero-order valence-corrected chi connectivity index (χ0v) is 29.1. The molecule has 0 amide bonds. The summed E-state index contributed by atoms with van der Waals surface area (Å²) in [7, 11) is 3.71. The van der Waals surface area contributed by atoms with Crippen molar-refractivity contribution in [3.05, 3.63) is 48.2 Å². The molecule has 268 valence electrons. The molecule has 10 nitrogen and oxygen atoms in total. The SMILES string of the molecule is CCOC(=O)C1CCN(c2ccc(-c3nc4nc(-c5cnc(OCC)c(C(F)(F)F)c5)cc(N(C)CC5(COC)CCCC5)c4[nH]3)cc2)CC1. The molecule has 1 aliphatic heterocycles. The molecule has 2 aliphatic rings. The highest BCUT2D eigenvalue weighted by atomic mass is 19.4. The number of halogens is 3. The third-order valence-electron chi connectivity index (χ3n) is 9.89. The summed E-state index contributed by atoms with van der Waals surface area (Å²) in [5, 5.41) is 0. The van der Waals surface area contributed by atoms with E-state index < -0.39 is 17.6 Å². The number of pyridine rings is 2. The number of fused-ring (bicyclic) bond motifs is 1. The number of carbonyl (C=O) groups is 1. The number of benzene rings is 1. The number of alkyl halides is 3. The fourth-order valence-electron chi connectivity index (χ4n) is 7.44. The Bertz CT molecular complexity index is 1780. The molecule has 0 radical (unpaired) electrons. The highest BCUT2D eigenvalue weighted by molar-refractivity contribution is 5.91. The van der Waals surface area contributed by atoms with Gasteiger partial charge in [0.15, 0.2) is 5.65 Å². The van der Waals surface area contributed by atoms with Crippen LogP contribution in [0, 0.1) is 11.3 Å². The van der Waals surface area contributed by atoms with E-state index in [1.165, 1.54) is 6.20 Å². The zero-order chi connectivity index (χ0) is 35.5. The minimum atomic E-state index is -4.66. The van der Waals surface area contributed by atoms with Crippen LogP contribution in [-0.4, -0.2) is 79.5 Å². The molecule has 0 bridgehead atoms. The summed E-state index contributed by atoms with van der Waals surface area (Å²) in [6, 6.07) is 10.9. The normalized spacial score (nSPS) is 16.6. The Morgan fingerprint density at radius 3 is 2.40 bits per heavy atom. The van der Waals surface area contributed by atoms with E-state index in [4.69, 9.17) is 24.2 Å². The van der Waals surface area contributed by atoms with Crippen LogP contribution in [0.3, 0.4) is 0 Å². The van der Waals surface area contributed by atoms with Crippen molar-refractivity contribution in [1.29, 1.82) is 0 Å². The highest BCUT2D eigenvalue weighted by Gasteiger charge is 2.37. The summed E-state index contributed by atoms with van der Waals surface area (Å²) >= 11 is 0. The van der Waals surface area contributed by atoms with Gasteiger partial charge in [-0.15, -0.1) is 0 Å². The Morgan fingerprint density at radius 2 is 1.76 bits per heavy atom. The number of aromatic amines is 1. The van der Waals surface area contributed by atoms with Crippen molar-refractivity contribution < 1.29 is 32.2 Å². The van der Waals surface area contributed by atoms with Crippen LogP contribution in [0.25, 0.3) is 33.8 Å². The van der Waals surface area contributed by atoms with Gasteiger partial charge in [-0.1, -0.05) is 12.8 Å². The maximum absolute atomic E-state index is 14.1. The second-order valence-corrected chi connectivity index (χ2v) is 13.4. The van der Waals surface area contributed by atoms with E-state index in [0.717, 1.165) is 74.6 Å². The predicted octanol–water partition coefficient (Wildman–Crippen LogP) is 7.53. The Hall–Kier alpha value is -4.39. The minimum absolute atomic E-state index is 0.0348. The molecular formula is C37H45F3N6O4. The van der Waals surface area contributed by atoms with E-state index in [-0.39, 0.29) is 29.5 Å². The lowest BCUT2D eigenvalue weighted by Crippen LogP contribution is -2.37. The lowest BCUT2D eigenvalue weighted by atomic mass is 9.86. The Balaban J connectivity index is 1.34. The van der Waals surface area contributed by atoms with Crippen LogP contribution in [0.5, 0.6) is 5.88 Å². The van der Waals surface area contributed by atoms with Crippen molar-refractivity contribution in [3.8, 4) is 28.5 Å². The number of H-pyrrole nitrogens is 1. The van der Waals surface area contributed by atoms with E-state index >= 15 is 0 Å². The number of hydrogen-bond acceptors (Lipinski definition) is 9. The van der Waals surface area contributed by atoms with Gasteiger partial charge in [0.25, 0.3) is 0 Å². The maximum atomic E-state index is 14.1. The average molecular weight is 695 g/mol. The van der Waals surface area contributed by atoms with Crippen LogP contribution in [0.4, 0.5) is 24.5 Å². The number of rotatable bonds is 12. The first-order valence-electron chi connectivity index (χ1n) is 17.4. The van der Waals surface area contributed by atoms with Crippen LogP contribution in [0.15, 0.2) is 42.6 Å². The van der Waals surface area contributed by atoms with Gasteiger partial charge in [-0.3, -0.25) is 4.79 Å². The quantitative estimate of drug-likeness (QED) is 0.151. The summed E-state index contributed by atoms with van der Waals surface area (Å²) in [6.07, 6.45) is 2.51. The Morgan fingerprint density at radius 1 is 1.04 bits per heavy atom. The number of piperidine rings is 1. The van der Waals surface area contributed by atoms with Gasteiger partial charge < -0.3 is 29.0 Å². The standard InChI is InChI=1S/C37H45F3N6O4/c1-5-49-34-28(37(38,39)40)19-26(21-41-34)29-20-30(45(3)22-36(23-48-4)15-7-8-16-36)31-33(42-29)44-32(43-31)24-9-11-27(12-10-24)46-17-13-25(14-18-46)35(47)50-6-2/h9-12,19-21,25H,5-8,13-18,22-23H2,1-4H3,(H,42,43,44). The molecule has 2 fully saturated rings. The third kappa shape index (κ3) is 7.52. The Labute approximate surface area is 290 Å². The molecule has 1 N–H and O–H groups in total. The molecule has 3 aromatic heterocycles. The van der Waals surface area contributed by atoms with Gasteiger partial charge in [-0.2, -0.15) is 13.2 Å². The van der Waals surface area contributed by atoms with Gasteiger partial charge in [0, 0.05) is 62.2 Å². The van der Waals surface area contributed by atoms with Crippen molar-refractivity contribution in [2.24, 2.45) is 11.3 Å². The van der Waals surface area contributed by atoms with E-state index in [1.807, 2.05) is 38.2 Å². The lowest BCUT2D eigenvalue weighted by molar-refractivity contribution is -0.148. The van der Waals surface area contributed by atoms with Crippen LogP contribution in [0.2, 0.25) is 0 Å². The predicted molar refractivity (Wildman–Crippen MR) is 186 cm³/mol. The van der Waals surface area contributed by atoms with Crippen LogP contribution >= 0.6 is 0 Å². The summed E-state index contributed by atoms with van der Waals surface area (Å²) in [6.45, 7) is 6.74. The van der Waals surface area contributed by atoms with E-state index in [9.17, 15) is 18.0 Å². The number of carbonyl (C=O) groups excluding carboxylic acids is 1. The first-order chi connectivity index (χ1) is 24.0. The number of ether oxygens (including phenoxy) is 3. The third-order valence-corrected chi connectivity index (χ3v) is 9.89. The van der Waals surface area contributed by atoms with Gasteiger partial charge in [-0.05, 0) is 75.9 Å². The molecule has 1 aromatic carbocycles. The van der Waals surface area contributed by atoms with E-state index in [1.54, 1.807) is 20.1 Å². The highest BCUT2D eigenvalue weighted by Crippen LogP contribution is 2.42. The molecule has 0 spiro atoms. The molecule has 0 atom stereocenters. The summed E-state index contributed by atoms with van der Waals surface area (Å²) in [4.78, 5) is 33.7. The maximum Gasteiger partial charge on any atom is 0.421 e. The molecule has 6 rings (SSSR count). The monoisotopic (exact) mass is 694 g/mol. The van der Waals surface area contributed by atoms with Crippen molar-refractivity contribution >= 4 is 28.5 Å². The molecular weight excluding hydrogens is 649 g/mol. The first-order valence-corrected chi connectivity index (χ1v) is 17.4. The van der Waals surface area contributed by atoms with Crippen molar-refractivity contribution in [1.82, 2.24) is 19.9 Å². The van der Waals surface area contributed by atoms with Gasteiger partial charge in [0.2, 0.25) is 5.88 Å². The largest absolute Gasteiger partial charge is 0.478 e. The first kappa shape index (κ1) is 35.4. The zero-order valence-electron chi connectivity index (χ0n) is 29.1. The van der Waals surface area contributed by atoms with Crippen LogP contribution in [-0.2, 0) is 20.4 Å². The number of esters is 1. The van der Waals surface area contributed by atoms with Crippen molar-refractivity contribution in [2.75, 3.05) is 63.4 Å². The summed E-state index contributed by atoms with van der Waals surface area (Å²) in [5.74, 6) is -0.0491. The van der Waals surface area contributed by atoms with E-state index in [0.29, 0.717) is 42.4 Å². The second-order valence-electron chi connectivity index (χ2n) is 13.4. The van der Waals surface area contributed by atoms with Crippen molar-refractivity contribution in [3.63, 3.8) is 0 Å². The molecule has 13 heteroatoms. The number of aromatic nitrogens is 4. The van der Waals surface area contributed by atoms with Gasteiger partial charge in [0.05, 0.1) is 37.1 Å². The molecule has 0 unspecified atom stereocenters. The summed E-state index contributed by atoms with van der Waals surface area (Å²) in [5.41, 5.74) is 3.30. The minimum Gasteiger partial charge on any atom is -0.478 e. The molecule has 4 aromatic rings. The van der Waals surface area contributed by atoms with Crippen molar-refractivity contribution in [2.45, 2.75) is 58.5 Å². The topological polar surface area (TPSA) is 106 Å². The summed E-state index contributed by atoms with van der Waals surface area (Å²) < 4.78 is 58.3. The Kier molecular flexibility index (Phi) is 10.5. The number of imidazole rings is 1.